The molecule has 0 aliphatic rings. The molecule has 0 atom stereocenters. The summed E-state index contributed by atoms with van der Waals surface area (Å²) in [5.74, 6) is -0.847. The number of aromatic carboxylic acids is 1. The summed E-state index contributed by atoms with van der Waals surface area (Å²) >= 11 is 1.23. The van der Waals surface area contributed by atoms with Gasteiger partial charge in [-0.2, -0.15) is 0 Å². The van der Waals surface area contributed by atoms with Crippen LogP contribution in [0, 0.1) is 0 Å². The quantitative estimate of drug-likeness (QED) is 0.781. The molecule has 14 heavy (non-hydrogen) atoms. The zero-order valence-electron chi connectivity index (χ0n) is 7.33. The fraction of sp³-hybridized carbons (Fsp3) is 0. The maximum absolute atomic E-state index is 10.1. The van der Waals surface area contributed by atoms with Gasteiger partial charge in [0.05, 0.1) is 0 Å². The largest absolute Gasteiger partial charge is 0.477 e. The predicted octanol–water partition coefficient (Wildman–Crippen LogP) is 2.53. The van der Waals surface area contributed by atoms with Crippen molar-refractivity contribution in [1.82, 2.24) is 4.98 Å². The monoisotopic (exact) mass is 207 g/mol. The van der Waals surface area contributed by atoms with Gasteiger partial charge in [-0.05, 0) is 23.6 Å². The zero-order chi connectivity index (χ0) is 10.2. The average molecular weight is 207 g/mol. The van der Waals surface area contributed by atoms with Crippen LogP contribution in [0.5, 0.6) is 0 Å². The Balaban J connectivity index is 0.000000146. The van der Waals surface area contributed by atoms with Crippen molar-refractivity contribution in [3.63, 3.8) is 0 Å². The summed E-state index contributed by atoms with van der Waals surface area (Å²) in [7, 11) is 0. The molecule has 3 nitrogen and oxygen atoms in total. The molecule has 0 amide bonds. The van der Waals surface area contributed by atoms with E-state index in [-0.39, 0.29) is 0 Å². The van der Waals surface area contributed by atoms with Crippen LogP contribution in [0.4, 0.5) is 0 Å². The van der Waals surface area contributed by atoms with Crippen LogP contribution in [0.25, 0.3) is 0 Å². The van der Waals surface area contributed by atoms with Crippen LogP contribution in [-0.4, -0.2) is 16.1 Å². The summed E-state index contributed by atoms with van der Waals surface area (Å²) in [6.07, 6.45) is 3.50. The van der Waals surface area contributed by atoms with Gasteiger partial charge in [-0.15, -0.1) is 11.3 Å². The third-order valence-corrected chi connectivity index (χ3v) is 2.16. The molecular formula is C10H9NO2S. The number of carboxylic acid groups (broad SMARTS) is 1. The topological polar surface area (TPSA) is 50.2 Å². The summed E-state index contributed by atoms with van der Waals surface area (Å²) in [6.45, 7) is 0. The molecule has 0 spiro atoms. The predicted molar refractivity (Wildman–Crippen MR) is 55.5 cm³/mol. The first kappa shape index (κ1) is 10.4. The number of pyridine rings is 1. The highest BCUT2D eigenvalue weighted by atomic mass is 32.1. The van der Waals surface area contributed by atoms with Crippen molar-refractivity contribution in [2.75, 3.05) is 0 Å². The summed E-state index contributed by atoms with van der Waals surface area (Å²) in [4.78, 5) is 14.3. The van der Waals surface area contributed by atoms with E-state index >= 15 is 0 Å². The number of aromatic nitrogens is 1. The van der Waals surface area contributed by atoms with Gasteiger partial charge in [-0.1, -0.05) is 12.1 Å². The molecule has 0 unspecified atom stereocenters. The van der Waals surface area contributed by atoms with Gasteiger partial charge in [-0.3, -0.25) is 4.98 Å². The van der Waals surface area contributed by atoms with Crippen LogP contribution in [0.3, 0.4) is 0 Å². The fourth-order valence-corrected chi connectivity index (χ4v) is 1.27. The second-order valence-corrected chi connectivity index (χ2v) is 3.25. The lowest BCUT2D eigenvalue weighted by Gasteiger charge is -1.78. The molecule has 0 bridgehead atoms. The Morgan fingerprint density at radius 3 is 2.14 bits per heavy atom. The molecule has 2 aromatic rings. The van der Waals surface area contributed by atoms with Gasteiger partial charge in [-0.25, -0.2) is 4.79 Å². The fourth-order valence-electron chi connectivity index (χ4n) is 0.713. The smallest absolute Gasteiger partial charge is 0.345 e. The second-order valence-electron chi connectivity index (χ2n) is 2.31. The molecule has 2 aromatic heterocycles. The van der Waals surface area contributed by atoms with E-state index in [1.54, 1.807) is 29.9 Å². The van der Waals surface area contributed by atoms with Crippen molar-refractivity contribution in [3.8, 4) is 0 Å². The number of nitrogens with zero attached hydrogens (tertiary/aromatic N) is 1. The van der Waals surface area contributed by atoms with E-state index in [1.165, 1.54) is 11.3 Å². The van der Waals surface area contributed by atoms with Crippen LogP contribution >= 0.6 is 11.3 Å². The van der Waals surface area contributed by atoms with Crippen molar-refractivity contribution >= 4 is 17.3 Å². The van der Waals surface area contributed by atoms with Gasteiger partial charge in [0.15, 0.2) is 0 Å². The molecule has 72 valence electrons. The summed E-state index contributed by atoms with van der Waals surface area (Å²) in [5, 5.41) is 10.0. The van der Waals surface area contributed by atoms with Crippen LogP contribution in [0.2, 0.25) is 0 Å². The molecule has 0 saturated carbocycles. The van der Waals surface area contributed by atoms with Crippen molar-refractivity contribution in [3.05, 3.63) is 53.0 Å². The van der Waals surface area contributed by atoms with Crippen molar-refractivity contribution in [2.24, 2.45) is 0 Å². The molecule has 0 aliphatic heterocycles. The van der Waals surface area contributed by atoms with Gasteiger partial charge >= 0.3 is 5.97 Å². The van der Waals surface area contributed by atoms with Gasteiger partial charge < -0.3 is 5.11 Å². The van der Waals surface area contributed by atoms with Crippen molar-refractivity contribution in [1.29, 1.82) is 0 Å². The molecule has 4 heteroatoms. The lowest BCUT2D eigenvalue weighted by molar-refractivity contribution is 0.0702. The Kier molecular flexibility index (Phi) is 4.37. The first-order valence-electron chi connectivity index (χ1n) is 3.92. The number of carboxylic acids is 1. The summed E-state index contributed by atoms with van der Waals surface area (Å²) < 4.78 is 0. The number of carbonyl (C=O) groups is 1. The minimum absolute atomic E-state index is 0.394. The van der Waals surface area contributed by atoms with E-state index in [4.69, 9.17) is 5.11 Å². The Labute approximate surface area is 85.7 Å². The van der Waals surface area contributed by atoms with Crippen molar-refractivity contribution in [2.45, 2.75) is 0 Å². The minimum Gasteiger partial charge on any atom is -0.477 e. The Hall–Kier alpha value is -1.68. The van der Waals surface area contributed by atoms with E-state index in [9.17, 15) is 4.79 Å². The van der Waals surface area contributed by atoms with Crippen LogP contribution in [-0.2, 0) is 0 Å². The average Bonchev–Trinajstić information content (AvgIpc) is 2.74. The van der Waals surface area contributed by atoms with Crippen molar-refractivity contribution < 1.29 is 9.90 Å². The van der Waals surface area contributed by atoms with Crippen LogP contribution in [0.1, 0.15) is 9.67 Å². The Morgan fingerprint density at radius 1 is 1.21 bits per heavy atom. The lowest BCUT2D eigenvalue weighted by Crippen LogP contribution is -1.89. The lowest BCUT2D eigenvalue weighted by atomic mass is 10.5. The SMILES string of the molecule is O=C(O)c1cccs1.c1ccncc1. The first-order valence-corrected chi connectivity index (χ1v) is 4.80. The highest BCUT2D eigenvalue weighted by Crippen LogP contribution is 2.06. The third kappa shape index (κ3) is 3.82. The van der Waals surface area contributed by atoms with E-state index < -0.39 is 5.97 Å². The Bertz CT molecular complexity index is 332. The van der Waals surface area contributed by atoms with Gasteiger partial charge in [0.2, 0.25) is 0 Å². The van der Waals surface area contributed by atoms with Crippen LogP contribution in [0.15, 0.2) is 48.1 Å². The zero-order valence-corrected chi connectivity index (χ0v) is 8.15. The second kappa shape index (κ2) is 5.88. The molecule has 2 rings (SSSR count). The molecule has 0 radical (unpaired) electrons. The highest BCUT2D eigenvalue weighted by molar-refractivity contribution is 7.11. The highest BCUT2D eigenvalue weighted by Gasteiger charge is 1.99. The Morgan fingerprint density at radius 2 is 1.93 bits per heavy atom. The molecule has 1 N–H and O–H groups in total. The first-order chi connectivity index (χ1) is 6.80. The number of hydrogen-bond acceptors (Lipinski definition) is 3. The molecular weight excluding hydrogens is 198 g/mol. The maximum atomic E-state index is 10.1. The third-order valence-electron chi connectivity index (χ3n) is 1.30. The maximum Gasteiger partial charge on any atom is 0.345 e. The normalized spacial score (nSPS) is 8.57. The number of thiophene rings is 1. The van der Waals surface area contributed by atoms with E-state index in [0.717, 1.165) is 0 Å². The summed E-state index contributed by atoms with van der Waals surface area (Å²) in [6, 6.07) is 9.01. The van der Waals surface area contributed by atoms with Gasteiger partial charge in [0.1, 0.15) is 4.88 Å². The minimum atomic E-state index is -0.847. The van der Waals surface area contributed by atoms with Gasteiger partial charge in [0.25, 0.3) is 0 Å². The number of rotatable bonds is 1. The molecule has 0 fully saturated rings. The molecule has 0 saturated heterocycles. The van der Waals surface area contributed by atoms with E-state index in [1.807, 2.05) is 18.2 Å². The molecule has 0 aliphatic carbocycles. The molecule has 2 heterocycles. The van der Waals surface area contributed by atoms with Crippen LogP contribution < -0.4 is 0 Å². The van der Waals surface area contributed by atoms with Gasteiger partial charge in [0, 0.05) is 12.4 Å². The molecule has 0 aromatic carbocycles. The number of hydrogen-bond donors (Lipinski definition) is 1. The van der Waals surface area contributed by atoms with E-state index in [0.29, 0.717) is 4.88 Å². The van der Waals surface area contributed by atoms with E-state index in [2.05, 4.69) is 4.98 Å². The standard InChI is InChI=1S/C5H5N.C5H4O2S/c1-2-4-6-5-3-1;6-5(7)4-2-1-3-8-4/h1-5H;1-3H,(H,6,7). The summed E-state index contributed by atoms with van der Waals surface area (Å²) in [5.41, 5.74) is 0.